The minimum absolute atomic E-state index is 0.0950. The molecule has 1 unspecified atom stereocenters. The number of likely N-dealkylation sites (tertiary alicyclic amines) is 1. The Labute approximate surface area is 206 Å². The summed E-state index contributed by atoms with van der Waals surface area (Å²) in [6.07, 6.45) is 2.12. The van der Waals surface area contributed by atoms with Crippen molar-refractivity contribution in [1.29, 1.82) is 0 Å². The number of hydrogen-bond donors (Lipinski definition) is 3. The summed E-state index contributed by atoms with van der Waals surface area (Å²) < 4.78 is 52.7. The number of aromatic amines is 1. The van der Waals surface area contributed by atoms with Crippen LogP contribution in [0.3, 0.4) is 0 Å². The van der Waals surface area contributed by atoms with Crippen molar-refractivity contribution in [3.8, 4) is 5.75 Å². The summed E-state index contributed by atoms with van der Waals surface area (Å²) in [5, 5.41) is 13.2. The number of halogens is 2. The van der Waals surface area contributed by atoms with Gasteiger partial charge in [0.1, 0.15) is 5.75 Å². The molecule has 1 aliphatic carbocycles. The van der Waals surface area contributed by atoms with Crippen molar-refractivity contribution in [2.75, 3.05) is 26.0 Å². The average Bonchev–Trinajstić information content (AvgIpc) is 3.32. The fraction of sp³-hybridized carbons (Fsp3) is 0.444. The molecule has 2 heterocycles. The van der Waals surface area contributed by atoms with Gasteiger partial charge in [0, 0.05) is 63.5 Å². The second kappa shape index (κ2) is 8.52. The number of nitrogens with zero attached hydrogens (tertiary/aromatic N) is 1. The number of fused-ring (bicyclic) bond motifs is 1. The van der Waals surface area contributed by atoms with Crippen molar-refractivity contribution in [2.24, 2.45) is 5.41 Å². The van der Waals surface area contributed by atoms with Gasteiger partial charge in [0.05, 0.1) is 12.7 Å². The van der Waals surface area contributed by atoms with Crippen LogP contribution in [0.2, 0.25) is 0 Å². The molecule has 1 spiro atoms. The van der Waals surface area contributed by atoms with Gasteiger partial charge in [-0.1, -0.05) is 6.07 Å². The van der Waals surface area contributed by atoms with Crippen LogP contribution in [0.1, 0.15) is 61.5 Å². The van der Waals surface area contributed by atoms with E-state index in [-0.39, 0.29) is 24.9 Å². The number of aromatic carboxylic acids is 1. The van der Waals surface area contributed by atoms with Crippen molar-refractivity contribution >= 4 is 22.6 Å². The average molecular weight is 486 g/mol. The molecule has 5 rings (SSSR count). The molecule has 1 saturated heterocycles. The molecule has 2 aromatic carbocycles. The quantitative estimate of drug-likeness (QED) is 0.401. The fourth-order valence-electron chi connectivity index (χ4n) is 5.91. The predicted molar refractivity (Wildman–Crippen MR) is 132 cm³/mol. The van der Waals surface area contributed by atoms with E-state index in [4.69, 9.17) is 4.74 Å². The van der Waals surface area contributed by atoms with E-state index < -0.39 is 29.8 Å². The van der Waals surface area contributed by atoms with Gasteiger partial charge in [-0.15, -0.1) is 0 Å². The van der Waals surface area contributed by atoms with Gasteiger partial charge in [-0.05, 0) is 67.1 Å². The van der Waals surface area contributed by atoms with Crippen LogP contribution in [0.15, 0.2) is 36.5 Å². The Hall–Kier alpha value is -3.13. The number of carboxylic acid groups (broad SMARTS) is 1. The van der Waals surface area contributed by atoms with Crippen molar-refractivity contribution < 1.29 is 26.2 Å². The molecule has 1 aliphatic heterocycles. The summed E-state index contributed by atoms with van der Waals surface area (Å²) in [4.78, 5) is 16.5. The number of alkyl halides is 2. The van der Waals surface area contributed by atoms with Crippen LogP contribution in [0.4, 0.5) is 14.5 Å². The number of H-pyrrole nitrogens is 1. The number of anilines is 1. The Bertz CT molecular complexity index is 1370. The van der Waals surface area contributed by atoms with Crippen molar-refractivity contribution in [1.82, 2.24) is 9.88 Å². The maximum atomic E-state index is 14.1. The largest absolute Gasteiger partial charge is 0.496 e. The summed E-state index contributed by atoms with van der Waals surface area (Å²) in [5.41, 5.74) is 2.84. The first-order valence-electron chi connectivity index (χ1n) is 12.8. The minimum atomic E-state index is -2.71. The second-order valence-electron chi connectivity index (χ2n) is 9.88. The van der Waals surface area contributed by atoms with Gasteiger partial charge in [-0.3, -0.25) is 4.90 Å². The van der Waals surface area contributed by atoms with E-state index in [9.17, 15) is 21.4 Å². The van der Waals surface area contributed by atoms with Crippen LogP contribution >= 0.6 is 0 Å². The normalized spacial score (nSPS) is 22.4. The molecule has 2 aliphatic rings. The van der Waals surface area contributed by atoms with E-state index in [1.54, 1.807) is 30.3 Å². The van der Waals surface area contributed by atoms with Crippen LogP contribution < -0.4 is 10.1 Å². The number of benzene rings is 2. The fourth-order valence-corrected chi connectivity index (χ4v) is 5.91. The van der Waals surface area contributed by atoms with Crippen molar-refractivity contribution in [3.63, 3.8) is 0 Å². The van der Waals surface area contributed by atoms with Gasteiger partial charge >= 0.3 is 5.97 Å². The third-order valence-corrected chi connectivity index (χ3v) is 7.56. The van der Waals surface area contributed by atoms with Gasteiger partial charge < -0.3 is 20.1 Å². The number of carboxylic acids is 1. The number of rotatable bonds is 6. The lowest BCUT2D eigenvalue weighted by molar-refractivity contribution is -0.186. The lowest BCUT2D eigenvalue weighted by Gasteiger charge is -2.55. The number of nitrogens with one attached hydrogen (secondary N) is 2. The molecule has 8 heteroatoms. The first-order valence-corrected chi connectivity index (χ1v) is 11.8. The van der Waals surface area contributed by atoms with Crippen LogP contribution in [0.25, 0.3) is 10.9 Å². The summed E-state index contributed by atoms with van der Waals surface area (Å²) in [7, 11) is 3.18. The summed E-state index contributed by atoms with van der Waals surface area (Å²) in [5.74, 6) is -3.37. The molecule has 6 nitrogen and oxygen atoms in total. The monoisotopic (exact) mass is 485 g/mol. The van der Waals surface area contributed by atoms with E-state index in [0.717, 1.165) is 11.1 Å². The molecule has 3 N–H and O–H groups in total. The van der Waals surface area contributed by atoms with Crippen molar-refractivity contribution in [3.05, 3.63) is 58.8 Å². The molecular weight excluding hydrogens is 452 g/mol. The molecule has 3 aromatic rings. The van der Waals surface area contributed by atoms with E-state index in [0.29, 0.717) is 40.8 Å². The van der Waals surface area contributed by atoms with Gasteiger partial charge in [-0.25, -0.2) is 13.6 Å². The molecule has 35 heavy (non-hydrogen) atoms. The van der Waals surface area contributed by atoms with Crippen LogP contribution in [-0.4, -0.2) is 47.6 Å². The SMILES string of the molecule is [2H]C([2H])(c1c(OC)cc(C)c2[nH]ccc12)N1CCC2(CC1c1ccc(C(=O)O)cc1NC)CC(F)(F)C2. The molecule has 0 radical (unpaired) electrons. The molecule has 1 aromatic heterocycles. The lowest BCUT2D eigenvalue weighted by Crippen LogP contribution is -2.53. The molecule has 1 saturated carbocycles. The van der Waals surface area contributed by atoms with Crippen LogP contribution in [-0.2, 0) is 6.50 Å². The maximum Gasteiger partial charge on any atom is 0.335 e. The van der Waals surface area contributed by atoms with Crippen LogP contribution in [0, 0.1) is 12.3 Å². The Morgan fingerprint density at radius 1 is 1.34 bits per heavy atom. The first-order chi connectivity index (χ1) is 17.4. The highest BCUT2D eigenvalue weighted by Crippen LogP contribution is 2.61. The third-order valence-electron chi connectivity index (χ3n) is 7.56. The zero-order chi connectivity index (χ0) is 26.8. The van der Waals surface area contributed by atoms with Gasteiger partial charge in [0.15, 0.2) is 0 Å². The highest BCUT2D eigenvalue weighted by Gasteiger charge is 2.58. The summed E-state index contributed by atoms with van der Waals surface area (Å²) in [6, 6.07) is 7.74. The molecule has 186 valence electrons. The number of carbonyl (C=O) groups is 1. The number of hydrogen-bond acceptors (Lipinski definition) is 4. The Balaban J connectivity index is 1.65. The lowest BCUT2D eigenvalue weighted by atomic mass is 9.59. The van der Waals surface area contributed by atoms with E-state index in [1.807, 2.05) is 13.0 Å². The van der Waals surface area contributed by atoms with E-state index in [2.05, 4.69) is 10.3 Å². The minimum Gasteiger partial charge on any atom is -0.496 e. The number of aromatic nitrogens is 1. The first kappa shape index (κ1) is 21.2. The molecule has 0 amide bonds. The molecule has 2 fully saturated rings. The second-order valence-corrected chi connectivity index (χ2v) is 9.88. The Kier molecular flexibility index (Phi) is 5.15. The van der Waals surface area contributed by atoms with Crippen molar-refractivity contribution in [2.45, 2.75) is 51.1 Å². The van der Waals surface area contributed by atoms with Crippen LogP contribution in [0.5, 0.6) is 5.75 Å². The summed E-state index contributed by atoms with van der Waals surface area (Å²) in [6.45, 7) is 0.170. The number of piperidine rings is 1. The van der Waals surface area contributed by atoms with Gasteiger partial charge in [-0.2, -0.15) is 0 Å². The zero-order valence-corrected chi connectivity index (χ0v) is 20.0. The van der Waals surface area contributed by atoms with Gasteiger partial charge in [0.25, 0.3) is 0 Å². The highest BCUT2D eigenvalue weighted by atomic mass is 19.3. The number of methoxy groups -OCH3 is 1. The highest BCUT2D eigenvalue weighted by molar-refractivity contribution is 5.89. The smallest absolute Gasteiger partial charge is 0.335 e. The number of ether oxygens (including phenoxy) is 1. The molecular formula is C27H31F2N3O3. The predicted octanol–water partition coefficient (Wildman–Crippen LogP) is 5.98. The molecule has 1 atom stereocenters. The standard InChI is InChI=1S/C27H31F2N3O3/c1-16-10-23(35-3)20(18-6-8-31-24(16)18)13-32-9-7-26(14-27(28,29)15-26)12-22(32)19-5-4-17(25(33)34)11-21(19)30-2/h4-6,8,10-11,22,30-31H,7,9,12-15H2,1-3H3,(H,33,34)/i13D2. The topological polar surface area (TPSA) is 77.6 Å². The summed E-state index contributed by atoms with van der Waals surface area (Å²) >= 11 is 0. The van der Waals surface area contributed by atoms with E-state index >= 15 is 0 Å². The van der Waals surface area contributed by atoms with Gasteiger partial charge in [0.2, 0.25) is 5.92 Å². The number of aryl methyl sites for hydroxylation is 1. The third kappa shape index (κ3) is 4.14. The van der Waals surface area contributed by atoms with E-state index in [1.165, 1.54) is 19.2 Å². The maximum absolute atomic E-state index is 14.1. The molecule has 0 bridgehead atoms. The Morgan fingerprint density at radius 3 is 2.77 bits per heavy atom. The Morgan fingerprint density at radius 2 is 2.11 bits per heavy atom. The zero-order valence-electron chi connectivity index (χ0n) is 22.0.